The second-order valence-electron chi connectivity index (χ2n) is 4.49. The van der Waals surface area contributed by atoms with Crippen molar-refractivity contribution in [3.63, 3.8) is 0 Å². The number of hydrogen-bond donors (Lipinski definition) is 1. The summed E-state index contributed by atoms with van der Waals surface area (Å²) in [6.07, 6.45) is 2.18. The molecule has 1 aromatic rings. The molecule has 0 spiro atoms. The Balaban J connectivity index is 1.70. The number of rotatable bonds is 6. The fourth-order valence-corrected chi connectivity index (χ4v) is 2.52. The number of halogens is 1. The molecule has 0 amide bonds. The summed E-state index contributed by atoms with van der Waals surface area (Å²) in [7, 11) is 1.65. The largest absolute Gasteiger partial charge is 0.497 e. The molecule has 0 unspecified atom stereocenters. The van der Waals surface area contributed by atoms with Crippen LogP contribution in [0.3, 0.4) is 0 Å². The molecule has 106 valence electrons. The summed E-state index contributed by atoms with van der Waals surface area (Å²) in [5.41, 5.74) is 0. The van der Waals surface area contributed by atoms with Crippen LogP contribution in [-0.4, -0.2) is 39.5 Å². The maximum Gasteiger partial charge on any atom is 0.133 e. The summed E-state index contributed by atoms with van der Waals surface area (Å²) in [6, 6.07) is 6.28. The fourth-order valence-electron chi connectivity index (χ4n) is 2.05. The molecule has 1 aliphatic heterocycles. The lowest BCUT2D eigenvalue weighted by atomic mass is 10.1. The van der Waals surface area contributed by atoms with Crippen molar-refractivity contribution in [3.8, 4) is 11.5 Å². The van der Waals surface area contributed by atoms with Gasteiger partial charge in [-0.25, -0.2) is 0 Å². The summed E-state index contributed by atoms with van der Waals surface area (Å²) in [4.78, 5) is 0. The molecule has 5 heteroatoms. The summed E-state index contributed by atoms with van der Waals surface area (Å²) >= 11 is 3.47. The molecule has 0 aliphatic carbocycles. The van der Waals surface area contributed by atoms with E-state index in [-0.39, 0.29) is 0 Å². The molecule has 1 aromatic carbocycles. The standard InChI is InChI=1S/C14H20BrNO3/c1-17-12-2-3-14(13(15)10-12)19-9-6-16-11-4-7-18-8-5-11/h2-3,10-11,16H,4-9H2,1H3. The summed E-state index contributed by atoms with van der Waals surface area (Å²) in [6.45, 7) is 3.23. The van der Waals surface area contributed by atoms with E-state index in [1.807, 2.05) is 18.2 Å². The fraction of sp³-hybridized carbons (Fsp3) is 0.571. The van der Waals surface area contributed by atoms with Crippen molar-refractivity contribution in [2.45, 2.75) is 18.9 Å². The van der Waals surface area contributed by atoms with Crippen LogP contribution in [0, 0.1) is 0 Å². The molecule has 1 fully saturated rings. The number of hydrogen-bond acceptors (Lipinski definition) is 4. The van der Waals surface area contributed by atoms with Gasteiger partial charge < -0.3 is 19.5 Å². The molecule has 0 saturated carbocycles. The Labute approximate surface area is 122 Å². The van der Waals surface area contributed by atoms with Crippen LogP contribution in [0.4, 0.5) is 0 Å². The molecule has 0 bridgehead atoms. The van der Waals surface area contributed by atoms with Gasteiger partial charge in [0.2, 0.25) is 0 Å². The molecule has 1 heterocycles. The molecule has 0 atom stereocenters. The number of benzene rings is 1. The van der Waals surface area contributed by atoms with Gasteiger partial charge in [0, 0.05) is 25.8 Å². The van der Waals surface area contributed by atoms with E-state index < -0.39 is 0 Å². The highest BCUT2D eigenvalue weighted by Gasteiger charge is 2.12. The highest BCUT2D eigenvalue weighted by Crippen LogP contribution is 2.28. The van der Waals surface area contributed by atoms with Gasteiger partial charge in [-0.15, -0.1) is 0 Å². The Morgan fingerprint density at radius 1 is 1.37 bits per heavy atom. The van der Waals surface area contributed by atoms with Crippen molar-refractivity contribution in [3.05, 3.63) is 22.7 Å². The van der Waals surface area contributed by atoms with E-state index in [9.17, 15) is 0 Å². The second-order valence-corrected chi connectivity index (χ2v) is 5.34. The molecule has 2 rings (SSSR count). The van der Waals surface area contributed by atoms with Crippen LogP contribution < -0.4 is 14.8 Å². The van der Waals surface area contributed by atoms with Gasteiger partial charge in [0.25, 0.3) is 0 Å². The lowest BCUT2D eigenvalue weighted by Gasteiger charge is -2.23. The van der Waals surface area contributed by atoms with Crippen molar-refractivity contribution < 1.29 is 14.2 Å². The smallest absolute Gasteiger partial charge is 0.133 e. The van der Waals surface area contributed by atoms with Gasteiger partial charge in [-0.3, -0.25) is 0 Å². The van der Waals surface area contributed by atoms with Gasteiger partial charge in [0.1, 0.15) is 18.1 Å². The second kappa shape index (κ2) is 7.72. The van der Waals surface area contributed by atoms with Crippen LogP contribution >= 0.6 is 15.9 Å². The van der Waals surface area contributed by atoms with Crippen LogP contribution in [0.2, 0.25) is 0 Å². The zero-order valence-corrected chi connectivity index (χ0v) is 12.7. The van der Waals surface area contributed by atoms with Crippen LogP contribution in [-0.2, 0) is 4.74 Å². The zero-order chi connectivity index (χ0) is 13.5. The Kier molecular flexibility index (Phi) is 5.94. The zero-order valence-electron chi connectivity index (χ0n) is 11.2. The van der Waals surface area contributed by atoms with Crippen molar-refractivity contribution in [2.24, 2.45) is 0 Å². The first-order valence-corrected chi connectivity index (χ1v) is 7.36. The van der Waals surface area contributed by atoms with E-state index in [1.165, 1.54) is 0 Å². The average molecular weight is 330 g/mol. The molecular weight excluding hydrogens is 310 g/mol. The van der Waals surface area contributed by atoms with E-state index in [0.29, 0.717) is 12.6 Å². The Hall–Kier alpha value is -0.780. The summed E-state index contributed by atoms with van der Waals surface area (Å²) in [5, 5.41) is 3.49. The predicted molar refractivity (Wildman–Crippen MR) is 78.0 cm³/mol. The first-order valence-electron chi connectivity index (χ1n) is 6.57. The number of ether oxygens (including phenoxy) is 3. The third kappa shape index (κ3) is 4.67. The van der Waals surface area contributed by atoms with E-state index in [2.05, 4.69) is 21.2 Å². The van der Waals surface area contributed by atoms with Crippen LogP contribution in [0.1, 0.15) is 12.8 Å². The number of nitrogens with one attached hydrogen (secondary N) is 1. The van der Waals surface area contributed by atoms with E-state index >= 15 is 0 Å². The quantitative estimate of drug-likeness (QED) is 0.814. The topological polar surface area (TPSA) is 39.7 Å². The average Bonchev–Trinajstić information content (AvgIpc) is 2.46. The van der Waals surface area contributed by atoms with Gasteiger partial charge in [-0.05, 0) is 47.0 Å². The molecule has 19 heavy (non-hydrogen) atoms. The summed E-state index contributed by atoms with van der Waals surface area (Å²) < 4.78 is 17.1. The summed E-state index contributed by atoms with van der Waals surface area (Å²) in [5.74, 6) is 1.66. The maximum atomic E-state index is 5.73. The van der Waals surface area contributed by atoms with E-state index in [4.69, 9.17) is 14.2 Å². The van der Waals surface area contributed by atoms with Gasteiger partial charge in [-0.1, -0.05) is 0 Å². The molecule has 1 N–H and O–H groups in total. The Bertz CT molecular complexity index is 394. The first kappa shape index (κ1) is 14.6. The third-order valence-electron chi connectivity index (χ3n) is 3.15. The monoisotopic (exact) mass is 329 g/mol. The highest BCUT2D eigenvalue weighted by molar-refractivity contribution is 9.10. The molecule has 0 radical (unpaired) electrons. The number of methoxy groups -OCH3 is 1. The molecule has 4 nitrogen and oxygen atoms in total. The molecular formula is C14H20BrNO3. The normalized spacial score (nSPS) is 16.3. The molecule has 0 aromatic heterocycles. The van der Waals surface area contributed by atoms with Crippen molar-refractivity contribution >= 4 is 15.9 Å². The van der Waals surface area contributed by atoms with Gasteiger partial charge in [0.05, 0.1) is 11.6 Å². The van der Waals surface area contributed by atoms with Crippen LogP contribution in [0.15, 0.2) is 22.7 Å². The van der Waals surface area contributed by atoms with Gasteiger partial charge in [0.15, 0.2) is 0 Å². The SMILES string of the molecule is COc1ccc(OCCNC2CCOCC2)c(Br)c1. The van der Waals surface area contributed by atoms with Gasteiger partial charge >= 0.3 is 0 Å². The minimum absolute atomic E-state index is 0.566. The predicted octanol–water partition coefficient (Wildman–Crippen LogP) is 2.61. The minimum Gasteiger partial charge on any atom is -0.497 e. The molecule has 1 saturated heterocycles. The van der Waals surface area contributed by atoms with Crippen molar-refractivity contribution in [1.82, 2.24) is 5.32 Å². The Morgan fingerprint density at radius 2 is 2.16 bits per heavy atom. The lowest BCUT2D eigenvalue weighted by Crippen LogP contribution is -2.37. The minimum atomic E-state index is 0.566. The van der Waals surface area contributed by atoms with E-state index in [1.54, 1.807) is 7.11 Å². The highest BCUT2D eigenvalue weighted by atomic mass is 79.9. The van der Waals surface area contributed by atoms with Crippen molar-refractivity contribution in [2.75, 3.05) is 33.5 Å². The maximum absolute atomic E-state index is 5.73. The van der Waals surface area contributed by atoms with Gasteiger partial charge in [-0.2, -0.15) is 0 Å². The van der Waals surface area contributed by atoms with Crippen LogP contribution in [0.25, 0.3) is 0 Å². The third-order valence-corrected chi connectivity index (χ3v) is 3.77. The first-order chi connectivity index (χ1) is 9.29. The Morgan fingerprint density at radius 3 is 2.84 bits per heavy atom. The van der Waals surface area contributed by atoms with Crippen LogP contribution in [0.5, 0.6) is 11.5 Å². The van der Waals surface area contributed by atoms with E-state index in [0.717, 1.165) is 48.6 Å². The lowest BCUT2D eigenvalue weighted by molar-refractivity contribution is 0.0770. The van der Waals surface area contributed by atoms with Crippen molar-refractivity contribution in [1.29, 1.82) is 0 Å². The molecule has 1 aliphatic rings.